The quantitative estimate of drug-likeness (QED) is 0.543. The number of hydrogen-bond acceptors (Lipinski definition) is 6. The molecule has 0 spiro atoms. The molecular weight excluding hydrogens is 448 g/mol. The maximum Gasteiger partial charge on any atom is 0.273 e. The predicted octanol–water partition coefficient (Wildman–Crippen LogP) is 4.12. The Kier molecular flexibility index (Phi) is 7.30. The Hall–Kier alpha value is -2.49. The van der Waals surface area contributed by atoms with Gasteiger partial charge in [0.05, 0.1) is 4.70 Å². The summed E-state index contributed by atoms with van der Waals surface area (Å²) in [5, 5.41) is 0.306. The fourth-order valence-electron chi connectivity index (χ4n) is 3.22. The average molecular weight is 470 g/mol. The molecule has 0 fully saturated rings. The van der Waals surface area contributed by atoms with Crippen molar-refractivity contribution in [1.82, 2.24) is 9.88 Å². The van der Waals surface area contributed by atoms with Crippen molar-refractivity contribution in [1.29, 1.82) is 0 Å². The normalized spacial score (nSPS) is 15.1. The summed E-state index contributed by atoms with van der Waals surface area (Å²) in [6.07, 6.45) is -0.178. The van der Waals surface area contributed by atoms with E-state index < -0.39 is 17.7 Å². The number of fused-ring (bicyclic) bond motifs is 2. The minimum atomic E-state index is -0.854. The molecule has 0 saturated heterocycles. The Morgan fingerprint density at radius 1 is 1.19 bits per heavy atom. The third-order valence-corrected chi connectivity index (χ3v) is 5.70. The van der Waals surface area contributed by atoms with Crippen molar-refractivity contribution < 1.29 is 23.0 Å². The number of nitrogens with zero attached hydrogens (tertiary/aromatic N) is 3. The zero-order valence-electron chi connectivity index (χ0n) is 17.0. The largest absolute Gasteiger partial charge is 0.485 e. The van der Waals surface area contributed by atoms with Crippen molar-refractivity contribution in [2.24, 2.45) is 0 Å². The van der Waals surface area contributed by atoms with Gasteiger partial charge in [0.1, 0.15) is 17.9 Å². The summed E-state index contributed by atoms with van der Waals surface area (Å²) in [6.45, 7) is 1.18. The lowest BCUT2D eigenvalue weighted by atomic mass is 10.2. The summed E-state index contributed by atoms with van der Waals surface area (Å²) in [5.41, 5.74) is 0.0490. The van der Waals surface area contributed by atoms with Gasteiger partial charge in [-0.3, -0.25) is 9.69 Å². The molecule has 0 radical (unpaired) electrons. The highest BCUT2D eigenvalue weighted by atomic mass is 35.5. The van der Waals surface area contributed by atoms with E-state index in [1.807, 2.05) is 25.1 Å². The van der Waals surface area contributed by atoms with Gasteiger partial charge in [-0.25, -0.2) is 13.8 Å². The van der Waals surface area contributed by atoms with Crippen molar-refractivity contribution in [3.63, 3.8) is 0 Å². The van der Waals surface area contributed by atoms with Crippen LogP contribution in [-0.2, 0) is 4.79 Å². The first-order valence-corrected chi connectivity index (χ1v) is 10.3. The lowest BCUT2D eigenvalue weighted by Crippen LogP contribution is -2.47. The summed E-state index contributed by atoms with van der Waals surface area (Å²) in [6, 6.07) is 9.15. The van der Waals surface area contributed by atoms with Gasteiger partial charge in [0, 0.05) is 12.6 Å². The molecule has 166 valence electrons. The Labute approximate surface area is 188 Å². The maximum atomic E-state index is 14.2. The number of carbonyl (C=O) groups is 1. The van der Waals surface area contributed by atoms with Crippen molar-refractivity contribution in [3.8, 4) is 11.5 Å². The van der Waals surface area contributed by atoms with Gasteiger partial charge in [0.2, 0.25) is 6.10 Å². The molecule has 31 heavy (non-hydrogen) atoms. The number of rotatable bonds is 6. The van der Waals surface area contributed by atoms with Crippen molar-refractivity contribution in [2.75, 3.05) is 38.7 Å². The van der Waals surface area contributed by atoms with Gasteiger partial charge in [-0.15, -0.1) is 12.4 Å². The maximum absolute atomic E-state index is 14.2. The van der Waals surface area contributed by atoms with Crippen LogP contribution in [0.25, 0.3) is 10.2 Å². The smallest absolute Gasteiger partial charge is 0.273 e. The van der Waals surface area contributed by atoms with E-state index in [2.05, 4.69) is 4.98 Å². The number of ether oxygens (including phenoxy) is 2. The first kappa shape index (κ1) is 23.2. The van der Waals surface area contributed by atoms with Gasteiger partial charge in [-0.1, -0.05) is 23.5 Å². The number of hydrogen-bond donors (Lipinski definition) is 0. The molecule has 1 aliphatic heterocycles. The monoisotopic (exact) mass is 469 g/mol. The first-order chi connectivity index (χ1) is 14.4. The standard InChI is InChI=1S/C21H21F2N3O3S.ClH/c1-25(2)8-5-9-26(21-24-19-14(23)10-13(22)11-18(19)30-21)20(27)17-12-28-15-6-3-4-7-16(15)29-17;/h3-4,6-7,10-11,17H,5,8-9,12H2,1-2H3;1H. The Morgan fingerprint density at radius 3 is 2.68 bits per heavy atom. The number of aromatic nitrogens is 1. The SMILES string of the molecule is CN(C)CCCN(C(=O)C1COc2ccccc2O1)c1nc2c(F)cc(F)cc2s1.Cl. The van der Waals surface area contributed by atoms with E-state index in [4.69, 9.17) is 9.47 Å². The molecular formula is C21H22ClF2N3O3S. The van der Waals surface area contributed by atoms with E-state index in [1.165, 1.54) is 11.0 Å². The highest BCUT2D eigenvalue weighted by Gasteiger charge is 2.33. The molecule has 1 unspecified atom stereocenters. The summed E-state index contributed by atoms with van der Waals surface area (Å²) >= 11 is 1.07. The van der Waals surface area contributed by atoms with Crippen molar-refractivity contribution in [2.45, 2.75) is 12.5 Å². The van der Waals surface area contributed by atoms with Crippen LogP contribution < -0.4 is 14.4 Å². The molecule has 1 aliphatic rings. The fraction of sp³-hybridized carbons (Fsp3) is 0.333. The second kappa shape index (κ2) is 9.76. The van der Waals surface area contributed by atoms with Crippen LogP contribution in [0.3, 0.4) is 0 Å². The molecule has 1 atom stereocenters. The molecule has 3 aromatic rings. The summed E-state index contributed by atoms with van der Waals surface area (Å²) in [5.74, 6) is -0.685. The second-order valence-corrected chi connectivity index (χ2v) is 8.25. The number of halogens is 3. The Morgan fingerprint density at radius 2 is 1.94 bits per heavy atom. The number of para-hydroxylation sites is 2. The average Bonchev–Trinajstić information content (AvgIpc) is 3.14. The molecule has 0 saturated carbocycles. The minimum Gasteiger partial charge on any atom is -0.485 e. The van der Waals surface area contributed by atoms with Gasteiger partial charge in [-0.2, -0.15) is 0 Å². The van der Waals surface area contributed by atoms with Gasteiger partial charge < -0.3 is 14.4 Å². The van der Waals surface area contributed by atoms with Crippen LogP contribution in [0.5, 0.6) is 11.5 Å². The van der Waals surface area contributed by atoms with Crippen LogP contribution in [0.2, 0.25) is 0 Å². The Balaban J connectivity index is 0.00000272. The summed E-state index contributed by atoms with van der Waals surface area (Å²) in [4.78, 5) is 21.1. The molecule has 1 amide bonds. The van der Waals surface area contributed by atoms with Crippen molar-refractivity contribution in [3.05, 3.63) is 48.0 Å². The number of benzene rings is 2. The third-order valence-electron chi connectivity index (χ3n) is 4.67. The highest BCUT2D eigenvalue weighted by Crippen LogP contribution is 2.34. The van der Waals surface area contributed by atoms with Crippen LogP contribution in [0.4, 0.5) is 13.9 Å². The number of amides is 1. The van der Waals surface area contributed by atoms with E-state index >= 15 is 0 Å². The van der Waals surface area contributed by atoms with E-state index in [0.717, 1.165) is 23.9 Å². The lowest BCUT2D eigenvalue weighted by molar-refractivity contribution is -0.127. The van der Waals surface area contributed by atoms with Gasteiger partial charge >= 0.3 is 0 Å². The van der Waals surface area contributed by atoms with Gasteiger partial charge in [-0.05, 0) is 45.3 Å². The Bertz CT molecular complexity index is 1080. The molecule has 0 N–H and O–H groups in total. The molecule has 4 rings (SSSR count). The highest BCUT2D eigenvalue weighted by molar-refractivity contribution is 7.22. The molecule has 2 aromatic carbocycles. The predicted molar refractivity (Wildman–Crippen MR) is 119 cm³/mol. The molecule has 0 aliphatic carbocycles. The summed E-state index contributed by atoms with van der Waals surface area (Å²) < 4.78 is 39.6. The van der Waals surface area contributed by atoms with Crippen LogP contribution in [0.15, 0.2) is 36.4 Å². The number of carbonyl (C=O) groups excluding carboxylic acids is 1. The second-order valence-electron chi connectivity index (χ2n) is 7.24. The number of anilines is 1. The molecule has 1 aromatic heterocycles. The van der Waals surface area contributed by atoms with Gasteiger partial charge in [0.25, 0.3) is 5.91 Å². The van der Waals surface area contributed by atoms with Gasteiger partial charge in [0.15, 0.2) is 22.4 Å². The fourth-order valence-corrected chi connectivity index (χ4v) is 4.26. The topological polar surface area (TPSA) is 54.9 Å². The van der Waals surface area contributed by atoms with Crippen molar-refractivity contribution >= 4 is 45.0 Å². The molecule has 10 heteroatoms. The zero-order valence-corrected chi connectivity index (χ0v) is 18.6. The summed E-state index contributed by atoms with van der Waals surface area (Å²) in [7, 11) is 3.88. The minimum absolute atomic E-state index is 0. The first-order valence-electron chi connectivity index (χ1n) is 9.52. The molecule has 0 bridgehead atoms. The van der Waals surface area contributed by atoms with E-state index in [9.17, 15) is 13.6 Å². The van der Waals surface area contributed by atoms with Crippen LogP contribution in [-0.4, -0.2) is 55.7 Å². The van der Waals surface area contributed by atoms with E-state index in [1.54, 1.807) is 18.2 Å². The molecule has 6 nitrogen and oxygen atoms in total. The van der Waals surface area contributed by atoms with E-state index in [0.29, 0.717) is 34.3 Å². The zero-order chi connectivity index (χ0) is 21.3. The molecule has 2 heterocycles. The lowest BCUT2D eigenvalue weighted by Gasteiger charge is -2.29. The third kappa shape index (κ3) is 5.06. The van der Waals surface area contributed by atoms with Crippen LogP contribution >= 0.6 is 23.7 Å². The van der Waals surface area contributed by atoms with E-state index in [-0.39, 0.29) is 30.4 Å². The van der Waals surface area contributed by atoms with Crippen LogP contribution in [0, 0.1) is 11.6 Å². The van der Waals surface area contributed by atoms with Crippen LogP contribution in [0.1, 0.15) is 6.42 Å². The number of thiazole rings is 1.